The first-order valence-corrected chi connectivity index (χ1v) is 4.32. The van der Waals surface area contributed by atoms with Crippen LogP contribution < -0.4 is 0 Å². The van der Waals surface area contributed by atoms with E-state index < -0.39 is 18.3 Å². The van der Waals surface area contributed by atoms with Crippen molar-refractivity contribution < 1.29 is 27.2 Å². The van der Waals surface area contributed by atoms with Gasteiger partial charge >= 0.3 is 12.3 Å². The summed E-state index contributed by atoms with van der Waals surface area (Å²) in [5.41, 5.74) is 0. The van der Waals surface area contributed by atoms with Crippen molar-refractivity contribution in [2.24, 2.45) is 0 Å². The van der Waals surface area contributed by atoms with E-state index in [1.807, 2.05) is 0 Å². The minimum absolute atomic E-state index is 0.0505. The van der Waals surface area contributed by atoms with Gasteiger partial charge in [0.25, 0.3) is 5.91 Å². The van der Waals surface area contributed by atoms with E-state index in [9.17, 15) is 27.2 Å². The van der Waals surface area contributed by atoms with Crippen molar-refractivity contribution in [1.82, 2.24) is 4.90 Å². The highest BCUT2D eigenvalue weighted by Crippen LogP contribution is 2.26. The molecule has 0 N–H and O–H groups in total. The summed E-state index contributed by atoms with van der Waals surface area (Å²) in [4.78, 5) is 22.3. The first kappa shape index (κ1) is 11.9. The first-order valence-electron chi connectivity index (χ1n) is 4.32. The molecule has 0 spiro atoms. The summed E-state index contributed by atoms with van der Waals surface area (Å²) in [5, 5.41) is 0. The molecular weight excluding hydrogens is 218 g/mol. The third-order valence-corrected chi connectivity index (χ3v) is 2.17. The lowest BCUT2D eigenvalue weighted by Gasteiger charge is -2.29. The van der Waals surface area contributed by atoms with E-state index in [4.69, 9.17) is 0 Å². The van der Waals surface area contributed by atoms with Crippen LogP contribution in [0.25, 0.3) is 0 Å². The largest absolute Gasteiger partial charge is 0.383 e. The van der Waals surface area contributed by atoms with Gasteiger partial charge in [0.2, 0.25) is 0 Å². The number of alkyl halides is 4. The quantitative estimate of drug-likeness (QED) is 0.662. The molecule has 3 nitrogen and oxygen atoms in total. The third-order valence-electron chi connectivity index (χ3n) is 2.17. The lowest BCUT2D eigenvalue weighted by molar-refractivity contribution is -0.181. The third kappa shape index (κ3) is 2.45. The average molecular weight is 227 g/mol. The summed E-state index contributed by atoms with van der Waals surface area (Å²) in [6, 6.07) is 0. The molecular formula is C8H9F4NO2. The van der Waals surface area contributed by atoms with E-state index in [1.54, 1.807) is 0 Å². The molecule has 86 valence electrons. The van der Waals surface area contributed by atoms with E-state index in [0.29, 0.717) is 4.90 Å². The number of ketones is 1. The number of Topliss-reactive ketones (excluding diaryl/α,β-unsaturated/α-hetero) is 1. The topological polar surface area (TPSA) is 37.4 Å². The molecule has 1 aliphatic heterocycles. The highest BCUT2D eigenvalue weighted by molar-refractivity contribution is 5.87. The Labute approximate surface area is 83.0 Å². The fraction of sp³-hybridized carbons (Fsp3) is 0.750. The van der Waals surface area contributed by atoms with Crippen LogP contribution in [0, 0.1) is 0 Å². The Morgan fingerprint density at radius 2 is 1.73 bits per heavy atom. The zero-order chi connectivity index (χ0) is 11.6. The minimum Gasteiger partial charge on any atom is -0.336 e. The number of hydrogen-bond donors (Lipinski definition) is 0. The number of carbonyl (C=O) groups excluding carboxylic acids is 2. The predicted molar refractivity (Wildman–Crippen MR) is 41.8 cm³/mol. The normalized spacial score (nSPS) is 18.5. The van der Waals surface area contributed by atoms with E-state index in [0.717, 1.165) is 0 Å². The molecule has 1 heterocycles. The molecule has 0 saturated carbocycles. The number of hydrogen-bond acceptors (Lipinski definition) is 2. The van der Waals surface area contributed by atoms with Crippen LogP contribution >= 0.6 is 0 Å². The van der Waals surface area contributed by atoms with Crippen molar-refractivity contribution >= 4 is 11.7 Å². The van der Waals surface area contributed by atoms with Crippen LogP contribution in [0.2, 0.25) is 0 Å². The van der Waals surface area contributed by atoms with E-state index in [1.165, 1.54) is 0 Å². The maximum atomic E-state index is 12.6. The van der Waals surface area contributed by atoms with Gasteiger partial charge < -0.3 is 4.90 Å². The lowest BCUT2D eigenvalue weighted by atomic mass is 10.1. The molecule has 1 aliphatic rings. The molecule has 7 heteroatoms. The summed E-state index contributed by atoms with van der Waals surface area (Å²) in [5.74, 6) is -6.70. The molecule has 1 saturated heterocycles. The number of likely N-dealkylation sites (tertiary alicyclic amines) is 1. The molecule has 0 bridgehead atoms. The molecule has 1 rings (SSSR count). The monoisotopic (exact) mass is 227 g/mol. The van der Waals surface area contributed by atoms with Crippen molar-refractivity contribution in [1.29, 1.82) is 0 Å². The second-order valence-corrected chi connectivity index (χ2v) is 3.25. The highest BCUT2D eigenvalue weighted by atomic mass is 19.3. The number of rotatable bonds is 2. The van der Waals surface area contributed by atoms with Crippen molar-refractivity contribution in [2.75, 3.05) is 13.1 Å². The van der Waals surface area contributed by atoms with Crippen LogP contribution in [0.15, 0.2) is 0 Å². The van der Waals surface area contributed by atoms with Crippen LogP contribution in [0.4, 0.5) is 17.6 Å². The van der Waals surface area contributed by atoms with Crippen molar-refractivity contribution in [3.63, 3.8) is 0 Å². The smallest absolute Gasteiger partial charge is 0.336 e. The van der Waals surface area contributed by atoms with E-state index in [2.05, 4.69) is 0 Å². The van der Waals surface area contributed by atoms with Crippen molar-refractivity contribution in [3.8, 4) is 0 Å². The van der Waals surface area contributed by atoms with Gasteiger partial charge in [-0.25, -0.2) is 8.78 Å². The molecule has 1 fully saturated rings. The van der Waals surface area contributed by atoms with Gasteiger partial charge in [-0.3, -0.25) is 9.59 Å². The molecule has 0 aliphatic carbocycles. The predicted octanol–water partition coefficient (Wildman–Crippen LogP) is 1.08. The Hall–Kier alpha value is -1.14. The fourth-order valence-corrected chi connectivity index (χ4v) is 1.26. The van der Waals surface area contributed by atoms with E-state index >= 15 is 0 Å². The van der Waals surface area contributed by atoms with Gasteiger partial charge in [-0.05, 0) is 0 Å². The number of piperidine rings is 1. The Morgan fingerprint density at radius 1 is 1.27 bits per heavy atom. The molecule has 0 unspecified atom stereocenters. The SMILES string of the molecule is O=C1CCN(C(=O)C(F)(F)C(F)F)CC1. The highest BCUT2D eigenvalue weighted by Gasteiger charge is 2.51. The summed E-state index contributed by atoms with van der Waals surface area (Å²) in [6.45, 7) is -0.417. The Morgan fingerprint density at radius 3 is 2.13 bits per heavy atom. The van der Waals surface area contributed by atoms with Crippen molar-refractivity contribution in [3.05, 3.63) is 0 Å². The van der Waals surface area contributed by atoms with Crippen molar-refractivity contribution in [2.45, 2.75) is 25.2 Å². The summed E-state index contributed by atoms with van der Waals surface area (Å²) >= 11 is 0. The zero-order valence-electron chi connectivity index (χ0n) is 7.68. The zero-order valence-corrected chi connectivity index (χ0v) is 7.68. The molecule has 0 atom stereocenters. The van der Waals surface area contributed by atoms with Gasteiger partial charge in [-0.2, -0.15) is 8.78 Å². The van der Waals surface area contributed by atoms with Gasteiger partial charge in [0.05, 0.1) is 0 Å². The van der Waals surface area contributed by atoms with Gasteiger partial charge in [-0.15, -0.1) is 0 Å². The number of carbonyl (C=O) groups is 2. The second kappa shape index (κ2) is 4.16. The second-order valence-electron chi connectivity index (χ2n) is 3.25. The number of halogens is 4. The fourth-order valence-electron chi connectivity index (χ4n) is 1.26. The van der Waals surface area contributed by atoms with Crippen LogP contribution in [-0.4, -0.2) is 42.0 Å². The Bertz CT molecular complexity index is 270. The molecule has 0 aromatic heterocycles. The number of nitrogens with zero attached hydrogens (tertiary/aromatic N) is 1. The number of amides is 1. The maximum Gasteiger partial charge on any atom is 0.383 e. The molecule has 15 heavy (non-hydrogen) atoms. The first-order chi connectivity index (χ1) is 6.85. The average Bonchev–Trinajstić information content (AvgIpc) is 2.17. The molecule has 0 radical (unpaired) electrons. The Balaban J connectivity index is 2.65. The molecule has 0 aromatic rings. The summed E-state index contributed by atoms with van der Waals surface area (Å²) < 4.78 is 48.9. The maximum absolute atomic E-state index is 12.6. The van der Waals surface area contributed by atoms with E-state index in [-0.39, 0.29) is 31.7 Å². The van der Waals surface area contributed by atoms with Crippen LogP contribution in [-0.2, 0) is 9.59 Å². The lowest BCUT2D eigenvalue weighted by Crippen LogP contribution is -2.50. The van der Waals surface area contributed by atoms with Crippen LogP contribution in [0.1, 0.15) is 12.8 Å². The standard InChI is InChI=1S/C8H9F4NO2/c9-6(10)8(11,12)7(15)13-3-1-5(14)2-4-13/h6H,1-4H2. The van der Waals surface area contributed by atoms with Gasteiger partial charge in [0, 0.05) is 25.9 Å². The van der Waals surface area contributed by atoms with Gasteiger partial charge in [-0.1, -0.05) is 0 Å². The molecule has 0 aromatic carbocycles. The summed E-state index contributed by atoms with van der Waals surface area (Å²) in [6.07, 6.45) is -4.11. The minimum atomic E-state index is -4.65. The van der Waals surface area contributed by atoms with Crippen LogP contribution in [0.5, 0.6) is 0 Å². The van der Waals surface area contributed by atoms with Gasteiger partial charge in [0.15, 0.2) is 0 Å². The summed E-state index contributed by atoms with van der Waals surface area (Å²) in [7, 11) is 0. The van der Waals surface area contributed by atoms with Crippen LogP contribution in [0.3, 0.4) is 0 Å². The molecule has 1 amide bonds. The Kier molecular flexibility index (Phi) is 3.31. The van der Waals surface area contributed by atoms with Gasteiger partial charge in [0.1, 0.15) is 5.78 Å².